The van der Waals surface area contributed by atoms with E-state index in [-0.39, 0.29) is 11.6 Å². The average Bonchev–Trinajstić information content (AvgIpc) is 2.75. The van der Waals surface area contributed by atoms with E-state index >= 15 is 0 Å². The second-order valence-electron chi connectivity index (χ2n) is 5.26. The predicted molar refractivity (Wildman–Crippen MR) is 88.8 cm³/mol. The largest absolute Gasteiger partial charge is 0.483 e. The van der Waals surface area contributed by atoms with Gasteiger partial charge in [-0.3, -0.25) is 9.59 Å². The highest BCUT2D eigenvalue weighted by Crippen LogP contribution is 2.22. The number of aryl methyl sites for hydroxylation is 1. The molecule has 22 heavy (non-hydrogen) atoms. The van der Waals surface area contributed by atoms with E-state index in [0.717, 1.165) is 4.47 Å². The third-order valence-corrected chi connectivity index (χ3v) is 4.06. The standard InChI is InChI=1S/C17H18BrNO3/c1-9-15(11(3)20)10(2)19-16(9)17(21)12(4)22-14-7-5-13(18)6-8-14/h5-8,12,19H,1-4H3/t12-/m0/s1. The molecule has 116 valence electrons. The quantitative estimate of drug-likeness (QED) is 0.807. The summed E-state index contributed by atoms with van der Waals surface area (Å²) in [6.07, 6.45) is -0.641. The number of hydrogen-bond acceptors (Lipinski definition) is 3. The summed E-state index contributed by atoms with van der Waals surface area (Å²) >= 11 is 3.35. The van der Waals surface area contributed by atoms with Gasteiger partial charge in [-0.05, 0) is 57.5 Å². The normalized spacial score (nSPS) is 12.0. The smallest absolute Gasteiger partial charge is 0.219 e. The number of ether oxygens (including phenoxy) is 1. The van der Waals surface area contributed by atoms with Crippen molar-refractivity contribution < 1.29 is 14.3 Å². The van der Waals surface area contributed by atoms with Gasteiger partial charge in [0, 0.05) is 15.7 Å². The lowest BCUT2D eigenvalue weighted by Gasteiger charge is -2.13. The number of ketones is 2. The van der Waals surface area contributed by atoms with Gasteiger partial charge in [-0.1, -0.05) is 15.9 Å². The Labute approximate surface area is 138 Å². The molecule has 1 N–H and O–H groups in total. The Bertz CT molecular complexity index is 716. The molecule has 5 heteroatoms. The molecule has 0 amide bonds. The number of aromatic nitrogens is 1. The molecular formula is C17H18BrNO3. The fourth-order valence-corrected chi connectivity index (χ4v) is 2.76. The summed E-state index contributed by atoms with van der Waals surface area (Å²) in [6.45, 7) is 6.77. The Kier molecular flexibility index (Phi) is 4.86. The van der Waals surface area contributed by atoms with Crippen molar-refractivity contribution >= 4 is 27.5 Å². The molecule has 0 saturated heterocycles. The molecule has 0 aliphatic rings. The van der Waals surface area contributed by atoms with Gasteiger partial charge in [-0.15, -0.1) is 0 Å². The van der Waals surface area contributed by atoms with E-state index in [1.54, 1.807) is 32.9 Å². The van der Waals surface area contributed by atoms with Crippen molar-refractivity contribution in [2.24, 2.45) is 0 Å². The van der Waals surface area contributed by atoms with E-state index in [2.05, 4.69) is 20.9 Å². The number of aromatic amines is 1. The van der Waals surface area contributed by atoms with Gasteiger partial charge in [0.1, 0.15) is 5.75 Å². The van der Waals surface area contributed by atoms with Crippen LogP contribution >= 0.6 is 15.9 Å². The number of carbonyl (C=O) groups excluding carboxylic acids is 2. The lowest BCUT2D eigenvalue weighted by Crippen LogP contribution is -2.25. The number of carbonyl (C=O) groups is 2. The predicted octanol–water partition coefficient (Wildman–Crippen LogP) is 4.25. The van der Waals surface area contributed by atoms with Gasteiger partial charge >= 0.3 is 0 Å². The lowest BCUT2D eigenvalue weighted by atomic mass is 10.0. The first kappa shape index (κ1) is 16.5. The van der Waals surface area contributed by atoms with Crippen LogP contribution in [-0.4, -0.2) is 22.7 Å². The molecule has 1 atom stereocenters. The van der Waals surface area contributed by atoms with E-state index in [1.807, 2.05) is 12.1 Å². The van der Waals surface area contributed by atoms with Gasteiger partial charge in [-0.2, -0.15) is 0 Å². The summed E-state index contributed by atoms with van der Waals surface area (Å²) in [7, 11) is 0. The molecule has 2 aromatic rings. The van der Waals surface area contributed by atoms with E-state index in [4.69, 9.17) is 4.74 Å². The average molecular weight is 364 g/mol. The van der Waals surface area contributed by atoms with Crippen LogP contribution in [0.1, 0.15) is 46.0 Å². The third-order valence-electron chi connectivity index (χ3n) is 3.53. The van der Waals surface area contributed by atoms with E-state index in [0.29, 0.717) is 28.3 Å². The minimum absolute atomic E-state index is 0.0493. The third kappa shape index (κ3) is 3.30. The highest BCUT2D eigenvalue weighted by molar-refractivity contribution is 9.10. The fourth-order valence-electron chi connectivity index (χ4n) is 2.50. The maximum atomic E-state index is 12.5. The van der Waals surface area contributed by atoms with E-state index < -0.39 is 6.10 Å². The van der Waals surface area contributed by atoms with Crippen LogP contribution in [-0.2, 0) is 0 Å². The van der Waals surface area contributed by atoms with Gasteiger partial charge in [0.2, 0.25) is 5.78 Å². The summed E-state index contributed by atoms with van der Waals surface area (Å²) in [5.74, 6) is 0.402. The van der Waals surface area contributed by atoms with Gasteiger partial charge in [-0.25, -0.2) is 0 Å². The Morgan fingerprint density at radius 3 is 2.27 bits per heavy atom. The Morgan fingerprint density at radius 1 is 1.18 bits per heavy atom. The second kappa shape index (κ2) is 6.48. The van der Waals surface area contributed by atoms with Gasteiger partial charge in [0.25, 0.3) is 0 Å². The summed E-state index contributed by atoms with van der Waals surface area (Å²) < 4.78 is 6.62. The number of H-pyrrole nitrogens is 1. The molecule has 4 nitrogen and oxygen atoms in total. The van der Waals surface area contributed by atoms with Crippen LogP contribution in [0.3, 0.4) is 0 Å². The molecular weight excluding hydrogens is 346 g/mol. The molecule has 0 saturated carbocycles. The Hall–Kier alpha value is -1.88. The zero-order valence-electron chi connectivity index (χ0n) is 13.0. The van der Waals surface area contributed by atoms with Crippen LogP contribution < -0.4 is 4.74 Å². The molecule has 0 radical (unpaired) electrons. The monoisotopic (exact) mass is 363 g/mol. The topological polar surface area (TPSA) is 59.2 Å². The maximum absolute atomic E-state index is 12.5. The minimum Gasteiger partial charge on any atom is -0.483 e. The van der Waals surface area contributed by atoms with Crippen LogP contribution in [0.25, 0.3) is 0 Å². The molecule has 0 fully saturated rings. The molecule has 0 spiro atoms. The zero-order chi connectivity index (χ0) is 16.4. The first-order valence-electron chi connectivity index (χ1n) is 6.97. The van der Waals surface area contributed by atoms with Crippen LogP contribution in [0.4, 0.5) is 0 Å². The minimum atomic E-state index is -0.641. The van der Waals surface area contributed by atoms with Gasteiger partial charge < -0.3 is 9.72 Å². The van der Waals surface area contributed by atoms with Gasteiger partial charge in [0.05, 0.1) is 5.69 Å². The number of nitrogens with one attached hydrogen (secondary N) is 1. The van der Waals surface area contributed by atoms with Gasteiger partial charge in [0.15, 0.2) is 11.9 Å². The molecule has 0 unspecified atom stereocenters. The highest BCUT2D eigenvalue weighted by atomic mass is 79.9. The van der Waals surface area contributed by atoms with Crippen molar-refractivity contribution in [2.75, 3.05) is 0 Å². The van der Waals surface area contributed by atoms with Crippen molar-refractivity contribution in [3.05, 3.63) is 51.3 Å². The summed E-state index contributed by atoms with van der Waals surface area (Å²) in [5, 5.41) is 0. The first-order valence-corrected chi connectivity index (χ1v) is 7.77. The molecule has 1 aromatic carbocycles. The molecule has 1 heterocycles. The SMILES string of the molecule is CC(=O)c1c(C)[nH]c(C(=O)[C@H](C)Oc2ccc(Br)cc2)c1C. The number of Topliss-reactive ketones (excluding diaryl/α,β-unsaturated/α-hetero) is 2. The van der Waals surface area contributed by atoms with E-state index in [9.17, 15) is 9.59 Å². The number of halogens is 1. The first-order chi connectivity index (χ1) is 10.3. The highest BCUT2D eigenvalue weighted by Gasteiger charge is 2.24. The second-order valence-corrected chi connectivity index (χ2v) is 6.18. The van der Waals surface area contributed by atoms with Crippen LogP contribution in [0.5, 0.6) is 5.75 Å². The van der Waals surface area contributed by atoms with Crippen molar-refractivity contribution in [1.82, 2.24) is 4.98 Å². The number of hydrogen-bond donors (Lipinski definition) is 1. The van der Waals surface area contributed by atoms with Crippen LogP contribution in [0, 0.1) is 13.8 Å². The Balaban J connectivity index is 2.22. The molecule has 0 aliphatic heterocycles. The molecule has 0 bridgehead atoms. The van der Waals surface area contributed by atoms with Crippen LogP contribution in [0.15, 0.2) is 28.7 Å². The molecule has 2 rings (SSSR count). The van der Waals surface area contributed by atoms with Crippen molar-refractivity contribution in [3.63, 3.8) is 0 Å². The number of rotatable bonds is 5. The Morgan fingerprint density at radius 2 is 1.77 bits per heavy atom. The van der Waals surface area contributed by atoms with Crippen molar-refractivity contribution in [3.8, 4) is 5.75 Å². The van der Waals surface area contributed by atoms with Crippen molar-refractivity contribution in [1.29, 1.82) is 0 Å². The summed E-state index contributed by atoms with van der Waals surface area (Å²) in [6, 6.07) is 7.29. The molecule has 1 aromatic heterocycles. The number of benzene rings is 1. The summed E-state index contributed by atoms with van der Waals surface area (Å²) in [4.78, 5) is 27.2. The zero-order valence-corrected chi connectivity index (χ0v) is 14.6. The summed E-state index contributed by atoms with van der Waals surface area (Å²) in [5.41, 5.74) is 2.41. The van der Waals surface area contributed by atoms with E-state index in [1.165, 1.54) is 6.92 Å². The lowest BCUT2D eigenvalue weighted by molar-refractivity contribution is 0.0812. The molecule has 0 aliphatic carbocycles. The fraction of sp³-hybridized carbons (Fsp3) is 0.294. The van der Waals surface area contributed by atoms with Crippen LogP contribution in [0.2, 0.25) is 0 Å². The maximum Gasteiger partial charge on any atom is 0.219 e. The van der Waals surface area contributed by atoms with Crippen molar-refractivity contribution in [2.45, 2.75) is 33.8 Å².